The van der Waals surface area contributed by atoms with Crippen molar-refractivity contribution < 1.29 is 9.53 Å². The summed E-state index contributed by atoms with van der Waals surface area (Å²) in [4.78, 5) is 13.9. The lowest BCUT2D eigenvalue weighted by Gasteiger charge is -2.26. The summed E-state index contributed by atoms with van der Waals surface area (Å²) in [6, 6.07) is 5.72. The normalized spacial score (nSPS) is 15.8. The molecule has 102 valence electrons. The van der Waals surface area contributed by atoms with Gasteiger partial charge in [0.2, 0.25) is 5.91 Å². The molecule has 0 radical (unpaired) electrons. The second-order valence-corrected chi connectivity index (χ2v) is 5.21. The van der Waals surface area contributed by atoms with Gasteiger partial charge in [0.1, 0.15) is 5.75 Å². The fraction of sp³-hybridized carbons (Fsp3) is 0.357. The Labute approximate surface area is 121 Å². The van der Waals surface area contributed by atoms with Gasteiger partial charge >= 0.3 is 0 Å². The van der Waals surface area contributed by atoms with Gasteiger partial charge in [-0.2, -0.15) is 0 Å². The van der Waals surface area contributed by atoms with E-state index in [0.29, 0.717) is 0 Å². The fourth-order valence-electron chi connectivity index (χ4n) is 1.99. The molecule has 1 amide bonds. The van der Waals surface area contributed by atoms with E-state index < -0.39 is 0 Å². The van der Waals surface area contributed by atoms with Crippen molar-refractivity contribution in [3.63, 3.8) is 0 Å². The zero-order chi connectivity index (χ0) is 13.7. The minimum Gasteiger partial charge on any atom is -0.496 e. The van der Waals surface area contributed by atoms with Crippen LogP contribution in [0.2, 0.25) is 0 Å². The summed E-state index contributed by atoms with van der Waals surface area (Å²) in [7, 11) is 1.62. The van der Waals surface area contributed by atoms with Crippen LogP contribution < -0.4 is 10.1 Å². The molecule has 0 bridgehead atoms. The Morgan fingerprint density at radius 2 is 2.16 bits per heavy atom. The summed E-state index contributed by atoms with van der Waals surface area (Å²) in [6.45, 7) is 3.25. The maximum absolute atomic E-state index is 12.0. The van der Waals surface area contributed by atoms with Crippen molar-refractivity contribution in [1.29, 1.82) is 0 Å². The molecule has 1 fully saturated rings. The van der Waals surface area contributed by atoms with Crippen LogP contribution >= 0.6 is 15.9 Å². The Balaban J connectivity index is 2.08. The topological polar surface area (TPSA) is 41.6 Å². The number of ether oxygens (including phenoxy) is 1. The van der Waals surface area contributed by atoms with E-state index in [-0.39, 0.29) is 5.91 Å². The number of piperazine rings is 1. The van der Waals surface area contributed by atoms with E-state index in [0.717, 1.165) is 42.0 Å². The number of hydrogen-bond acceptors (Lipinski definition) is 3. The van der Waals surface area contributed by atoms with Gasteiger partial charge in [0.25, 0.3) is 0 Å². The van der Waals surface area contributed by atoms with E-state index in [2.05, 4.69) is 21.2 Å². The SMILES string of the molecule is COc1ccc(Br)cc1C=CC(=O)N1CCNCC1. The van der Waals surface area contributed by atoms with E-state index in [1.54, 1.807) is 19.3 Å². The van der Waals surface area contributed by atoms with Crippen LogP contribution in [0.25, 0.3) is 6.08 Å². The molecule has 0 saturated carbocycles. The number of methoxy groups -OCH3 is 1. The van der Waals surface area contributed by atoms with Crippen LogP contribution in [0.4, 0.5) is 0 Å². The lowest BCUT2D eigenvalue weighted by Crippen LogP contribution is -2.45. The first kappa shape index (κ1) is 14.1. The maximum atomic E-state index is 12.0. The minimum atomic E-state index is 0.0449. The number of carbonyl (C=O) groups excluding carboxylic acids is 1. The zero-order valence-electron chi connectivity index (χ0n) is 10.9. The second kappa shape index (κ2) is 6.73. The molecule has 1 aliphatic rings. The van der Waals surface area contributed by atoms with Crippen molar-refractivity contribution in [2.45, 2.75) is 0 Å². The Morgan fingerprint density at radius 1 is 1.42 bits per heavy atom. The van der Waals surface area contributed by atoms with Gasteiger partial charge in [0.05, 0.1) is 7.11 Å². The molecule has 1 aromatic rings. The minimum absolute atomic E-state index is 0.0449. The first-order chi connectivity index (χ1) is 9.20. The third kappa shape index (κ3) is 3.81. The third-order valence-electron chi connectivity index (χ3n) is 3.03. The average molecular weight is 325 g/mol. The molecule has 0 aromatic heterocycles. The number of amides is 1. The quantitative estimate of drug-likeness (QED) is 0.863. The maximum Gasteiger partial charge on any atom is 0.246 e. The van der Waals surface area contributed by atoms with E-state index in [1.165, 1.54) is 0 Å². The first-order valence-electron chi connectivity index (χ1n) is 6.22. The van der Waals surface area contributed by atoms with E-state index >= 15 is 0 Å². The lowest BCUT2D eigenvalue weighted by molar-refractivity contribution is -0.126. The Morgan fingerprint density at radius 3 is 2.84 bits per heavy atom. The molecular weight excluding hydrogens is 308 g/mol. The number of rotatable bonds is 3. The van der Waals surface area contributed by atoms with Gasteiger partial charge in [-0.25, -0.2) is 0 Å². The number of halogens is 1. The molecule has 0 atom stereocenters. The fourth-order valence-corrected chi connectivity index (χ4v) is 2.37. The highest BCUT2D eigenvalue weighted by Crippen LogP contribution is 2.24. The van der Waals surface area contributed by atoms with Gasteiger partial charge < -0.3 is 15.0 Å². The van der Waals surface area contributed by atoms with Crippen molar-refractivity contribution in [2.24, 2.45) is 0 Å². The van der Waals surface area contributed by atoms with Crippen LogP contribution in [0.1, 0.15) is 5.56 Å². The second-order valence-electron chi connectivity index (χ2n) is 4.29. The molecule has 4 nitrogen and oxygen atoms in total. The molecule has 0 aliphatic carbocycles. The number of benzene rings is 1. The van der Waals surface area contributed by atoms with Crippen LogP contribution in [0.5, 0.6) is 5.75 Å². The Kier molecular flexibility index (Phi) is 4.99. The molecule has 1 heterocycles. The van der Waals surface area contributed by atoms with E-state index in [4.69, 9.17) is 4.74 Å². The van der Waals surface area contributed by atoms with Crippen molar-refractivity contribution in [3.8, 4) is 5.75 Å². The average Bonchev–Trinajstić information content (AvgIpc) is 2.46. The van der Waals surface area contributed by atoms with Gasteiger partial charge in [-0.05, 0) is 24.3 Å². The summed E-state index contributed by atoms with van der Waals surface area (Å²) >= 11 is 3.42. The van der Waals surface area contributed by atoms with Crippen LogP contribution in [0.3, 0.4) is 0 Å². The highest BCUT2D eigenvalue weighted by Gasteiger charge is 2.13. The van der Waals surface area contributed by atoms with Crippen molar-refractivity contribution in [1.82, 2.24) is 10.2 Å². The van der Waals surface area contributed by atoms with Gasteiger partial charge in [-0.1, -0.05) is 15.9 Å². The number of carbonyl (C=O) groups is 1. The van der Waals surface area contributed by atoms with E-state index in [1.807, 2.05) is 23.1 Å². The molecule has 19 heavy (non-hydrogen) atoms. The van der Waals surface area contributed by atoms with Gasteiger partial charge in [-0.15, -0.1) is 0 Å². The Hall–Kier alpha value is -1.33. The summed E-state index contributed by atoms with van der Waals surface area (Å²) in [5, 5.41) is 3.22. The third-order valence-corrected chi connectivity index (χ3v) is 3.52. The number of hydrogen-bond donors (Lipinski definition) is 1. The molecule has 1 aromatic carbocycles. The predicted octanol–water partition coefficient (Wildman–Crippen LogP) is 1.90. The van der Waals surface area contributed by atoms with Gasteiger partial charge in [0.15, 0.2) is 0 Å². The summed E-state index contributed by atoms with van der Waals surface area (Å²) < 4.78 is 6.23. The summed E-state index contributed by atoms with van der Waals surface area (Å²) in [6.07, 6.45) is 3.41. The van der Waals surface area contributed by atoms with Crippen LogP contribution in [0, 0.1) is 0 Å². The van der Waals surface area contributed by atoms with Crippen molar-refractivity contribution >= 4 is 27.9 Å². The van der Waals surface area contributed by atoms with Crippen LogP contribution in [-0.2, 0) is 4.79 Å². The monoisotopic (exact) mass is 324 g/mol. The molecule has 1 aliphatic heterocycles. The predicted molar refractivity (Wildman–Crippen MR) is 79.2 cm³/mol. The first-order valence-corrected chi connectivity index (χ1v) is 7.01. The Bertz CT molecular complexity index is 482. The smallest absolute Gasteiger partial charge is 0.246 e. The van der Waals surface area contributed by atoms with Gasteiger partial charge in [0, 0.05) is 42.3 Å². The standard InChI is InChI=1S/C14H17BrN2O2/c1-19-13-4-3-12(15)10-11(13)2-5-14(18)17-8-6-16-7-9-17/h2-5,10,16H,6-9H2,1H3. The largest absolute Gasteiger partial charge is 0.496 e. The summed E-state index contributed by atoms with van der Waals surface area (Å²) in [5.41, 5.74) is 0.889. The number of nitrogens with zero attached hydrogens (tertiary/aromatic N) is 1. The highest BCUT2D eigenvalue weighted by molar-refractivity contribution is 9.10. The van der Waals surface area contributed by atoms with Crippen LogP contribution in [0.15, 0.2) is 28.7 Å². The zero-order valence-corrected chi connectivity index (χ0v) is 12.4. The van der Waals surface area contributed by atoms with E-state index in [9.17, 15) is 4.79 Å². The van der Waals surface area contributed by atoms with Crippen molar-refractivity contribution in [2.75, 3.05) is 33.3 Å². The molecule has 1 N–H and O–H groups in total. The number of nitrogens with one attached hydrogen (secondary N) is 1. The lowest BCUT2D eigenvalue weighted by atomic mass is 10.2. The molecule has 0 unspecified atom stereocenters. The van der Waals surface area contributed by atoms with Crippen molar-refractivity contribution in [3.05, 3.63) is 34.3 Å². The molecule has 5 heteroatoms. The molecule has 0 spiro atoms. The molecular formula is C14H17BrN2O2. The molecule has 2 rings (SSSR count). The highest BCUT2D eigenvalue weighted by atomic mass is 79.9. The van der Waals surface area contributed by atoms with Gasteiger partial charge in [-0.3, -0.25) is 4.79 Å². The van der Waals surface area contributed by atoms with Crippen LogP contribution in [-0.4, -0.2) is 44.1 Å². The molecule has 1 saturated heterocycles. The summed E-state index contributed by atoms with van der Waals surface area (Å²) in [5.74, 6) is 0.802.